The van der Waals surface area contributed by atoms with Crippen LogP contribution in [0.4, 0.5) is 10.1 Å². The van der Waals surface area contributed by atoms with Crippen molar-refractivity contribution in [3.8, 4) is 6.07 Å². The van der Waals surface area contributed by atoms with Crippen LogP contribution in [0, 0.1) is 24.1 Å². The van der Waals surface area contributed by atoms with Gasteiger partial charge in [-0.05, 0) is 43.2 Å². The van der Waals surface area contributed by atoms with E-state index in [1.54, 1.807) is 18.2 Å². The summed E-state index contributed by atoms with van der Waals surface area (Å²) >= 11 is 0. The maximum atomic E-state index is 13.7. The van der Waals surface area contributed by atoms with Crippen molar-refractivity contribution in [2.24, 2.45) is 0 Å². The molecule has 0 heterocycles. The first-order valence-electron chi connectivity index (χ1n) is 6.13. The summed E-state index contributed by atoms with van der Waals surface area (Å²) in [6.07, 6.45) is 0. The molecule has 1 atom stereocenters. The highest BCUT2D eigenvalue weighted by molar-refractivity contribution is 5.53. The monoisotopic (exact) mass is 254 g/mol. The second-order valence-corrected chi connectivity index (χ2v) is 4.53. The van der Waals surface area contributed by atoms with E-state index in [2.05, 4.69) is 11.4 Å². The zero-order valence-electron chi connectivity index (χ0n) is 10.9. The SMILES string of the molecule is Cc1cccc(F)c1NC(C)c1ccc(C#N)cc1. The first kappa shape index (κ1) is 13.1. The van der Waals surface area contributed by atoms with Crippen LogP contribution in [-0.4, -0.2) is 0 Å². The summed E-state index contributed by atoms with van der Waals surface area (Å²) in [5, 5.41) is 11.9. The molecule has 2 rings (SSSR count). The Hall–Kier alpha value is -2.34. The highest BCUT2D eigenvalue weighted by atomic mass is 19.1. The molecule has 2 aromatic rings. The molecule has 19 heavy (non-hydrogen) atoms. The quantitative estimate of drug-likeness (QED) is 0.891. The van der Waals surface area contributed by atoms with E-state index in [1.165, 1.54) is 6.07 Å². The van der Waals surface area contributed by atoms with Gasteiger partial charge < -0.3 is 5.32 Å². The van der Waals surface area contributed by atoms with Crippen molar-refractivity contribution >= 4 is 5.69 Å². The number of nitriles is 1. The summed E-state index contributed by atoms with van der Waals surface area (Å²) in [7, 11) is 0. The van der Waals surface area contributed by atoms with Gasteiger partial charge in [-0.3, -0.25) is 0 Å². The number of benzene rings is 2. The maximum absolute atomic E-state index is 13.7. The Morgan fingerprint density at radius 3 is 2.42 bits per heavy atom. The molecule has 0 bridgehead atoms. The molecule has 96 valence electrons. The molecular weight excluding hydrogens is 239 g/mol. The second kappa shape index (κ2) is 5.53. The van der Waals surface area contributed by atoms with E-state index in [9.17, 15) is 4.39 Å². The number of halogens is 1. The third-order valence-corrected chi connectivity index (χ3v) is 3.12. The predicted molar refractivity (Wildman–Crippen MR) is 74.3 cm³/mol. The molecule has 1 unspecified atom stereocenters. The van der Waals surface area contributed by atoms with E-state index in [0.29, 0.717) is 11.3 Å². The standard InChI is InChI=1S/C16H15FN2/c1-11-4-3-5-15(17)16(11)19-12(2)14-8-6-13(10-18)7-9-14/h3-9,12,19H,1-2H3. The number of anilines is 1. The molecule has 2 aromatic carbocycles. The Morgan fingerprint density at radius 1 is 1.16 bits per heavy atom. The zero-order valence-corrected chi connectivity index (χ0v) is 10.9. The Labute approximate surface area is 112 Å². The molecule has 0 fully saturated rings. The van der Waals surface area contributed by atoms with Gasteiger partial charge in [-0.25, -0.2) is 4.39 Å². The third-order valence-electron chi connectivity index (χ3n) is 3.12. The van der Waals surface area contributed by atoms with Gasteiger partial charge in [0.1, 0.15) is 5.82 Å². The average Bonchev–Trinajstić information content (AvgIpc) is 2.43. The number of nitrogens with one attached hydrogen (secondary N) is 1. The Balaban J connectivity index is 2.21. The molecule has 0 spiro atoms. The number of hydrogen-bond acceptors (Lipinski definition) is 2. The Kier molecular flexibility index (Phi) is 3.82. The molecule has 0 aromatic heterocycles. The maximum Gasteiger partial charge on any atom is 0.146 e. The summed E-state index contributed by atoms with van der Waals surface area (Å²) < 4.78 is 13.7. The number of nitrogens with zero attached hydrogens (tertiary/aromatic N) is 1. The van der Waals surface area contributed by atoms with E-state index >= 15 is 0 Å². The molecule has 0 saturated heterocycles. The van der Waals surface area contributed by atoms with Crippen molar-refractivity contribution in [2.45, 2.75) is 19.9 Å². The molecule has 2 nitrogen and oxygen atoms in total. The van der Waals surface area contributed by atoms with Gasteiger partial charge in [0.2, 0.25) is 0 Å². The number of aryl methyl sites for hydroxylation is 1. The van der Waals surface area contributed by atoms with E-state index in [4.69, 9.17) is 5.26 Å². The summed E-state index contributed by atoms with van der Waals surface area (Å²) in [6.45, 7) is 3.84. The van der Waals surface area contributed by atoms with Crippen molar-refractivity contribution in [1.29, 1.82) is 5.26 Å². The minimum atomic E-state index is -0.250. The van der Waals surface area contributed by atoms with E-state index in [-0.39, 0.29) is 11.9 Å². The van der Waals surface area contributed by atoms with Crippen LogP contribution in [0.1, 0.15) is 29.7 Å². The lowest BCUT2D eigenvalue weighted by Crippen LogP contribution is -2.09. The van der Waals surface area contributed by atoms with Crippen molar-refractivity contribution in [2.75, 3.05) is 5.32 Å². The Morgan fingerprint density at radius 2 is 1.84 bits per heavy atom. The molecule has 0 aliphatic carbocycles. The van der Waals surface area contributed by atoms with Crippen LogP contribution in [0.25, 0.3) is 0 Å². The van der Waals surface area contributed by atoms with Crippen LogP contribution in [0.3, 0.4) is 0 Å². The van der Waals surface area contributed by atoms with Gasteiger partial charge in [-0.1, -0.05) is 24.3 Å². The predicted octanol–water partition coefficient (Wildman–Crippen LogP) is 4.18. The van der Waals surface area contributed by atoms with Crippen LogP contribution in [0.15, 0.2) is 42.5 Å². The van der Waals surface area contributed by atoms with Crippen molar-refractivity contribution in [1.82, 2.24) is 0 Å². The molecule has 1 N–H and O–H groups in total. The number of hydrogen-bond donors (Lipinski definition) is 1. The highest BCUT2D eigenvalue weighted by Crippen LogP contribution is 2.24. The number of para-hydroxylation sites is 1. The summed E-state index contributed by atoms with van der Waals surface area (Å²) in [4.78, 5) is 0. The first-order valence-corrected chi connectivity index (χ1v) is 6.13. The lowest BCUT2D eigenvalue weighted by atomic mass is 10.1. The fourth-order valence-corrected chi connectivity index (χ4v) is 1.96. The van der Waals surface area contributed by atoms with Crippen molar-refractivity contribution in [3.63, 3.8) is 0 Å². The fraction of sp³-hybridized carbons (Fsp3) is 0.188. The molecule has 0 radical (unpaired) electrons. The largest absolute Gasteiger partial charge is 0.376 e. The van der Waals surface area contributed by atoms with Gasteiger partial charge >= 0.3 is 0 Å². The van der Waals surface area contributed by atoms with E-state index in [1.807, 2.05) is 32.0 Å². The van der Waals surface area contributed by atoms with Gasteiger partial charge in [0.05, 0.1) is 17.3 Å². The normalized spacial score (nSPS) is 11.7. The summed E-state index contributed by atoms with van der Waals surface area (Å²) in [5.74, 6) is -0.250. The summed E-state index contributed by atoms with van der Waals surface area (Å²) in [5.41, 5.74) is 3.04. The third kappa shape index (κ3) is 2.92. The van der Waals surface area contributed by atoms with Gasteiger partial charge in [0.15, 0.2) is 0 Å². The summed E-state index contributed by atoms with van der Waals surface area (Å²) in [6, 6.07) is 14.4. The molecule has 3 heteroatoms. The topological polar surface area (TPSA) is 35.8 Å². The van der Waals surface area contributed by atoms with E-state index < -0.39 is 0 Å². The van der Waals surface area contributed by atoms with Crippen molar-refractivity contribution < 1.29 is 4.39 Å². The first-order chi connectivity index (χ1) is 9.11. The molecule has 0 aliphatic rings. The van der Waals surface area contributed by atoms with Crippen LogP contribution < -0.4 is 5.32 Å². The lowest BCUT2D eigenvalue weighted by Gasteiger charge is -2.18. The molecule has 0 amide bonds. The van der Waals surface area contributed by atoms with Gasteiger partial charge in [-0.15, -0.1) is 0 Å². The Bertz CT molecular complexity index is 591. The highest BCUT2D eigenvalue weighted by Gasteiger charge is 2.10. The van der Waals surface area contributed by atoms with Crippen LogP contribution in [0.2, 0.25) is 0 Å². The van der Waals surface area contributed by atoms with E-state index in [0.717, 1.165) is 11.1 Å². The van der Waals surface area contributed by atoms with Crippen molar-refractivity contribution in [3.05, 3.63) is 65.0 Å². The minimum Gasteiger partial charge on any atom is -0.376 e. The van der Waals surface area contributed by atoms with Gasteiger partial charge in [-0.2, -0.15) is 5.26 Å². The fourth-order valence-electron chi connectivity index (χ4n) is 1.96. The second-order valence-electron chi connectivity index (χ2n) is 4.53. The minimum absolute atomic E-state index is 0.0247. The van der Waals surface area contributed by atoms with Crippen LogP contribution >= 0.6 is 0 Å². The smallest absolute Gasteiger partial charge is 0.146 e. The average molecular weight is 254 g/mol. The molecule has 0 saturated carbocycles. The number of rotatable bonds is 3. The molecular formula is C16H15FN2. The van der Waals surface area contributed by atoms with Crippen LogP contribution in [-0.2, 0) is 0 Å². The van der Waals surface area contributed by atoms with Gasteiger partial charge in [0.25, 0.3) is 0 Å². The lowest BCUT2D eigenvalue weighted by molar-refractivity contribution is 0.626. The molecule has 0 aliphatic heterocycles. The van der Waals surface area contributed by atoms with Crippen LogP contribution in [0.5, 0.6) is 0 Å². The zero-order chi connectivity index (χ0) is 13.8. The van der Waals surface area contributed by atoms with Gasteiger partial charge in [0, 0.05) is 6.04 Å².